The van der Waals surface area contributed by atoms with Gasteiger partial charge >= 0.3 is 0 Å². The van der Waals surface area contributed by atoms with Crippen molar-refractivity contribution in [2.45, 2.75) is 25.8 Å². The number of amides is 1. The lowest BCUT2D eigenvalue weighted by molar-refractivity contribution is -0.121. The Kier molecular flexibility index (Phi) is 4.98. The van der Waals surface area contributed by atoms with E-state index in [2.05, 4.69) is 5.32 Å². The fourth-order valence-electron chi connectivity index (χ4n) is 1.15. The minimum atomic E-state index is 0.0755. The van der Waals surface area contributed by atoms with Crippen LogP contribution in [0.3, 0.4) is 0 Å². The number of hydrogen-bond acceptors (Lipinski definition) is 2. The molecule has 0 radical (unpaired) electrons. The van der Waals surface area contributed by atoms with Gasteiger partial charge < -0.3 is 5.32 Å². The zero-order valence-electron chi connectivity index (χ0n) is 8.13. The van der Waals surface area contributed by atoms with E-state index < -0.39 is 0 Å². The van der Waals surface area contributed by atoms with Crippen LogP contribution in [0.4, 0.5) is 0 Å². The molecule has 0 fully saturated rings. The maximum Gasteiger partial charge on any atom is 0.220 e. The van der Waals surface area contributed by atoms with Crippen LogP contribution in [0, 0.1) is 0 Å². The molecule has 1 heterocycles. The van der Waals surface area contributed by atoms with Crippen molar-refractivity contribution < 1.29 is 4.79 Å². The number of thiophene rings is 1. The highest BCUT2D eigenvalue weighted by molar-refractivity contribution is 7.10. The Morgan fingerprint density at radius 3 is 3.07 bits per heavy atom. The van der Waals surface area contributed by atoms with Crippen molar-refractivity contribution >= 4 is 28.8 Å². The molecule has 14 heavy (non-hydrogen) atoms. The van der Waals surface area contributed by atoms with Gasteiger partial charge in [0.2, 0.25) is 5.91 Å². The number of rotatable bonds is 5. The first-order valence-corrected chi connectivity index (χ1v) is 6.04. The smallest absolute Gasteiger partial charge is 0.220 e. The SMILES string of the molecule is C[C@H](NC(=O)CCCCl)c1cccs1. The molecule has 0 aliphatic rings. The number of halogens is 1. The normalized spacial score (nSPS) is 12.4. The summed E-state index contributed by atoms with van der Waals surface area (Å²) in [5.74, 6) is 0.618. The molecule has 1 atom stereocenters. The van der Waals surface area contributed by atoms with Gasteiger partial charge in [0, 0.05) is 17.2 Å². The molecule has 78 valence electrons. The summed E-state index contributed by atoms with van der Waals surface area (Å²) in [6.07, 6.45) is 1.25. The van der Waals surface area contributed by atoms with E-state index in [-0.39, 0.29) is 11.9 Å². The van der Waals surface area contributed by atoms with E-state index >= 15 is 0 Å². The Balaban J connectivity index is 2.33. The quantitative estimate of drug-likeness (QED) is 0.776. The maximum atomic E-state index is 11.3. The number of nitrogens with one attached hydrogen (secondary N) is 1. The first-order chi connectivity index (χ1) is 6.74. The Morgan fingerprint density at radius 1 is 1.71 bits per heavy atom. The molecule has 0 unspecified atom stereocenters. The van der Waals surface area contributed by atoms with E-state index in [9.17, 15) is 4.79 Å². The highest BCUT2D eigenvalue weighted by atomic mass is 35.5. The number of hydrogen-bond donors (Lipinski definition) is 1. The van der Waals surface area contributed by atoms with Crippen molar-refractivity contribution in [3.8, 4) is 0 Å². The van der Waals surface area contributed by atoms with E-state index in [4.69, 9.17) is 11.6 Å². The van der Waals surface area contributed by atoms with E-state index in [1.807, 2.05) is 24.4 Å². The van der Waals surface area contributed by atoms with Crippen LogP contribution in [-0.4, -0.2) is 11.8 Å². The molecule has 1 amide bonds. The van der Waals surface area contributed by atoms with E-state index in [0.717, 1.165) is 6.42 Å². The van der Waals surface area contributed by atoms with Crippen LogP contribution in [0.2, 0.25) is 0 Å². The standard InChI is InChI=1S/C10H14ClNOS/c1-8(9-4-3-7-14-9)12-10(13)5-2-6-11/h3-4,7-8H,2,5-6H2,1H3,(H,12,13)/t8-/m0/s1. The molecule has 1 aromatic heterocycles. The Labute approximate surface area is 93.3 Å². The average Bonchev–Trinajstić information content (AvgIpc) is 2.67. The predicted molar refractivity (Wildman–Crippen MR) is 60.8 cm³/mol. The summed E-state index contributed by atoms with van der Waals surface area (Å²) in [6, 6.07) is 4.12. The van der Waals surface area contributed by atoms with E-state index in [0.29, 0.717) is 12.3 Å². The summed E-state index contributed by atoms with van der Waals surface area (Å²) in [4.78, 5) is 12.5. The van der Waals surface area contributed by atoms with Crippen LogP contribution in [0.15, 0.2) is 17.5 Å². The zero-order chi connectivity index (χ0) is 10.4. The van der Waals surface area contributed by atoms with Crippen LogP contribution in [0.1, 0.15) is 30.7 Å². The lowest BCUT2D eigenvalue weighted by Gasteiger charge is -2.11. The molecule has 1 aromatic rings. The van der Waals surface area contributed by atoms with Gasteiger partial charge in [-0.15, -0.1) is 22.9 Å². The Bertz CT molecular complexity index is 274. The Hall–Kier alpha value is -0.540. The summed E-state index contributed by atoms with van der Waals surface area (Å²) in [5.41, 5.74) is 0. The van der Waals surface area contributed by atoms with Crippen LogP contribution in [-0.2, 0) is 4.79 Å². The van der Waals surface area contributed by atoms with Gasteiger partial charge in [0.25, 0.3) is 0 Å². The van der Waals surface area contributed by atoms with Crippen LogP contribution in [0.25, 0.3) is 0 Å². The van der Waals surface area contributed by atoms with Gasteiger partial charge in [-0.2, -0.15) is 0 Å². The summed E-state index contributed by atoms with van der Waals surface area (Å²) in [7, 11) is 0. The third-order valence-corrected chi connectivity index (χ3v) is 3.21. The van der Waals surface area contributed by atoms with Crippen molar-refractivity contribution in [1.29, 1.82) is 0 Å². The fraction of sp³-hybridized carbons (Fsp3) is 0.500. The molecule has 1 rings (SSSR count). The van der Waals surface area contributed by atoms with Gasteiger partial charge in [0.1, 0.15) is 0 Å². The first-order valence-electron chi connectivity index (χ1n) is 4.62. The van der Waals surface area contributed by atoms with Gasteiger partial charge in [0.05, 0.1) is 6.04 Å². The molecule has 4 heteroatoms. The van der Waals surface area contributed by atoms with Crippen LogP contribution < -0.4 is 5.32 Å². The molecule has 0 saturated heterocycles. The summed E-state index contributed by atoms with van der Waals surface area (Å²) < 4.78 is 0. The maximum absolute atomic E-state index is 11.3. The number of carbonyl (C=O) groups is 1. The van der Waals surface area contributed by atoms with Gasteiger partial charge in [0.15, 0.2) is 0 Å². The lowest BCUT2D eigenvalue weighted by atomic mass is 10.2. The molecule has 0 aliphatic carbocycles. The molecular weight excluding hydrogens is 218 g/mol. The summed E-state index contributed by atoms with van der Waals surface area (Å²) >= 11 is 7.16. The number of alkyl halides is 1. The zero-order valence-corrected chi connectivity index (χ0v) is 9.70. The molecule has 0 aliphatic heterocycles. The average molecular weight is 232 g/mol. The third kappa shape index (κ3) is 3.68. The second kappa shape index (κ2) is 6.04. The van der Waals surface area contributed by atoms with E-state index in [1.54, 1.807) is 11.3 Å². The van der Waals surface area contributed by atoms with Gasteiger partial charge in [-0.25, -0.2) is 0 Å². The Morgan fingerprint density at radius 2 is 2.50 bits per heavy atom. The monoisotopic (exact) mass is 231 g/mol. The third-order valence-electron chi connectivity index (χ3n) is 1.88. The van der Waals surface area contributed by atoms with Gasteiger partial charge in [-0.05, 0) is 24.8 Å². The van der Waals surface area contributed by atoms with Gasteiger partial charge in [-0.1, -0.05) is 6.07 Å². The van der Waals surface area contributed by atoms with Crippen molar-refractivity contribution in [2.75, 3.05) is 5.88 Å². The molecule has 1 N–H and O–H groups in total. The molecular formula is C10H14ClNOS. The van der Waals surface area contributed by atoms with Crippen LogP contribution in [0.5, 0.6) is 0 Å². The minimum absolute atomic E-state index is 0.0755. The van der Waals surface area contributed by atoms with Crippen molar-refractivity contribution in [2.24, 2.45) is 0 Å². The van der Waals surface area contributed by atoms with Crippen molar-refractivity contribution in [3.05, 3.63) is 22.4 Å². The highest BCUT2D eigenvalue weighted by Gasteiger charge is 2.09. The molecule has 0 saturated carbocycles. The van der Waals surface area contributed by atoms with Crippen molar-refractivity contribution in [3.63, 3.8) is 0 Å². The second-order valence-electron chi connectivity index (χ2n) is 3.10. The molecule has 0 spiro atoms. The minimum Gasteiger partial charge on any atom is -0.349 e. The highest BCUT2D eigenvalue weighted by Crippen LogP contribution is 2.18. The molecule has 0 aromatic carbocycles. The first kappa shape index (κ1) is 11.5. The van der Waals surface area contributed by atoms with Crippen molar-refractivity contribution in [1.82, 2.24) is 5.32 Å². The second-order valence-corrected chi connectivity index (χ2v) is 4.45. The predicted octanol–water partition coefficient (Wildman–Crippen LogP) is 2.94. The number of carbonyl (C=O) groups excluding carboxylic acids is 1. The summed E-state index contributed by atoms with van der Waals surface area (Å²) in [6.45, 7) is 1.99. The fourth-order valence-corrected chi connectivity index (χ4v) is 2.02. The summed E-state index contributed by atoms with van der Waals surface area (Å²) in [5, 5.41) is 4.94. The van der Waals surface area contributed by atoms with Gasteiger partial charge in [-0.3, -0.25) is 4.79 Å². The largest absolute Gasteiger partial charge is 0.349 e. The van der Waals surface area contributed by atoms with Crippen LogP contribution >= 0.6 is 22.9 Å². The van der Waals surface area contributed by atoms with E-state index in [1.165, 1.54) is 4.88 Å². The lowest BCUT2D eigenvalue weighted by Crippen LogP contribution is -2.25. The molecule has 0 bridgehead atoms. The topological polar surface area (TPSA) is 29.1 Å². The molecule has 2 nitrogen and oxygen atoms in total.